The minimum atomic E-state index is -2.93. The van der Waals surface area contributed by atoms with Crippen LogP contribution in [0.25, 0.3) is 0 Å². The molecule has 0 saturated heterocycles. The van der Waals surface area contributed by atoms with Crippen molar-refractivity contribution in [3.63, 3.8) is 0 Å². The van der Waals surface area contributed by atoms with Crippen LogP contribution in [0.1, 0.15) is 33.0 Å². The summed E-state index contributed by atoms with van der Waals surface area (Å²) in [7, 11) is 0. The summed E-state index contributed by atoms with van der Waals surface area (Å²) in [5.41, 5.74) is 0.938. The van der Waals surface area contributed by atoms with E-state index < -0.39 is 25.1 Å². The van der Waals surface area contributed by atoms with Gasteiger partial charge < -0.3 is 14.8 Å². The standard InChI is InChI=1S/C19H19F2NO5S/c1-11-9-15(12(2)28-11)16(23)7-8-18(25)26-10-17(24)22-13-3-5-14(6-4-13)27-19(20)21/h3-6,9,19H,7-8,10H2,1-2H3,(H,22,24). The molecule has 0 fully saturated rings. The van der Waals surface area contributed by atoms with Crippen molar-refractivity contribution in [3.05, 3.63) is 45.6 Å². The van der Waals surface area contributed by atoms with Gasteiger partial charge in [0.25, 0.3) is 5.91 Å². The molecule has 6 nitrogen and oxygen atoms in total. The second-order valence-electron chi connectivity index (χ2n) is 5.86. The first-order chi connectivity index (χ1) is 13.2. The van der Waals surface area contributed by atoms with Gasteiger partial charge in [-0.2, -0.15) is 8.78 Å². The third-order valence-electron chi connectivity index (χ3n) is 3.63. The van der Waals surface area contributed by atoms with E-state index in [1.54, 1.807) is 6.07 Å². The van der Waals surface area contributed by atoms with Crippen LogP contribution in [-0.4, -0.2) is 30.9 Å². The van der Waals surface area contributed by atoms with Gasteiger partial charge in [0, 0.05) is 27.4 Å². The number of carbonyl (C=O) groups excluding carboxylic acids is 3. The third kappa shape index (κ3) is 6.73. The molecule has 2 aromatic rings. The first-order valence-corrected chi connectivity index (χ1v) is 9.17. The van der Waals surface area contributed by atoms with Crippen molar-refractivity contribution in [2.24, 2.45) is 0 Å². The van der Waals surface area contributed by atoms with Gasteiger partial charge in [-0.1, -0.05) is 0 Å². The van der Waals surface area contributed by atoms with E-state index in [0.29, 0.717) is 11.3 Å². The van der Waals surface area contributed by atoms with Crippen LogP contribution in [0.3, 0.4) is 0 Å². The number of aryl methyl sites for hydroxylation is 2. The molecule has 9 heteroatoms. The zero-order chi connectivity index (χ0) is 20.7. The number of ether oxygens (including phenoxy) is 2. The monoisotopic (exact) mass is 411 g/mol. The van der Waals surface area contributed by atoms with Crippen LogP contribution < -0.4 is 10.1 Å². The number of Topliss-reactive ketones (excluding diaryl/α,β-unsaturated/α-hetero) is 1. The fourth-order valence-electron chi connectivity index (χ4n) is 2.39. The summed E-state index contributed by atoms with van der Waals surface area (Å²) in [6.07, 6.45) is -0.122. The van der Waals surface area contributed by atoms with E-state index in [1.165, 1.54) is 35.6 Å². The minimum absolute atomic E-state index is 0.00304. The molecule has 0 saturated carbocycles. The number of anilines is 1. The highest BCUT2D eigenvalue weighted by Gasteiger charge is 2.15. The number of hydrogen-bond donors (Lipinski definition) is 1. The number of thiophene rings is 1. The summed E-state index contributed by atoms with van der Waals surface area (Å²) in [6.45, 7) is 0.304. The Morgan fingerprint density at radius 2 is 1.79 bits per heavy atom. The first kappa shape index (κ1) is 21.5. The average Bonchev–Trinajstić information content (AvgIpc) is 2.97. The predicted octanol–water partition coefficient (Wildman–Crippen LogP) is 4.11. The van der Waals surface area contributed by atoms with Crippen LogP contribution in [-0.2, 0) is 14.3 Å². The van der Waals surface area contributed by atoms with Crippen molar-refractivity contribution in [2.75, 3.05) is 11.9 Å². The lowest BCUT2D eigenvalue weighted by atomic mass is 10.1. The van der Waals surface area contributed by atoms with Gasteiger partial charge in [-0.25, -0.2) is 0 Å². The van der Waals surface area contributed by atoms with Gasteiger partial charge in [0.1, 0.15) is 5.75 Å². The maximum atomic E-state index is 12.1. The van der Waals surface area contributed by atoms with E-state index in [9.17, 15) is 23.2 Å². The summed E-state index contributed by atoms with van der Waals surface area (Å²) in [4.78, 5) is 37.6. The van der Waals surface area contributed by atoms with E-state index in [1.807, 2.05) is 13.8 Å². The largest absolute Gasteiger partial charge is 0.456 e. The topological polar surface area (TPSA) is 81.7 Å². The van der Waals surface area contributed by atoms with Gasteiger partial charge in [0.15, 0.2) is 12.4 Å². The molecule has 0 unspecified atom stereocenters. The fraction of sp³-hybridized carbons (Fsp3) is 0.316. The van der Waals surface area contributed by atoms with Gasteiger partial charge >= 0.3 is 12.6 Å². The van der Waals surface area contributed by atoms with E-state index in [4.69, 9.17) is 4.74 Å². The Labute approximate surface area is 164 Å². The zero-order valence-corrected chi connectivity index (χ0v) is 16.1. The Morgan fingerprint density at radius 3 is 2.36 bits per heavy atom. The number of hydrogen-bond acceptors (Lipinski definition) is 6. The Balaban J connectivity index is 1.72. The molecular weight excluding hydrogens is 392 g/mol. The van der Waals surface area contributed by atoms with Crippen molar-refractivity contribution >= 4 is 34.7 Å². The number of carbonyl (C=O) groups is 3. The number of halogens is 2. The maximum absolute atomic E-state index is 12.1. The Kier molecular flexibility index (Phi) is 7.62. The molecule has 28 heavy (non-hydrogen) atoms. The maximum Gasteiger partial charge on any atom is 0.387 e. The van der Waals surface area contributed by atoms with Crippen molar-refractivity contribution in [2.45, 2.75) is 33.3 Å². The molecule has 1 N–H and O–H groups in total. The molecule has 0 radical (unpaired) electrons. The van der Waals surface area contributed by atoms with Crippen LogP contribution >= 0.6 is 11.3 Å². The predicted molar refractivity (Wildman–Crippen MR) is 100 cm³/mol. The van der Waals surface area contributed by atoms with Crippen molar-refractivity contribution in [3.8, 4) is 5.75 Å². The van der Waals surface area contributed by atoms with E-state index in [-0.39, 0.29) is 24.4 Å². The molecule has 0 aliphatic heterocycles. The lowest BCUT2D eigenvalue weighted by Crippen LogP contribution is -2.21. The van der Waals surface area contributed by atoms with Gasteiger partial charge in [0.2, 0.25) is 0 Å². The van der Waals surface area contributed by atoms with Gasteiger partial charge in [0.05, 0.1) is 6.42 Å². The van der Waals surface area contributed by atoms with Crippen LogP contribution in [0, 0.1) is 13.8 Å². The highest BCUT2D eigenvalue weighted by atomic mass is 32.1. The molecule has 0 aliphatic rings. The lowest BCUT2D eigenvalue weighted by Gasteiger charge is -2.08. The average molecular weight is 411 g/mol. The van der Waals surface area contributed by atoms with Crippen molar-refractivity contribution in [1.29, 1.82) is 0 Å². The zero-order valence-electron chi connectivity index (χ0n) is 15.3. The number of rotatable bonds is 9. The number of nitrogens with one attached hydrogen (secondary N) is 1. The highest BCUT2D eigenvalue weighted by molar-refractivity contribution is 7.12. The number of esters is 1. The molecular formula is C19H19F2NO5S. The Bertz CT molecular complexity index is 849. The Morgan fingerprint density at radius 1 is 1.11 bits per heavy atom. The van der Waals surface area contributed by atoms with E-state index >= 15 is 0 Å². The van der Waals surface area contributed by atoms with Crippen molar-refractivity contribution < 1.29 is 32.6 Å². The lowest BCUT2D eigenvalue weighted by molar-refractivity contribution is -0.147. The van der Waals surface area contributed by atoms with E-state index in [0.717, 1.165) is 9.75 Å². The molecule has 1 amide bonds. The Hall–Kier alpha value is -2.81. The molecule has 1 aromatic heterocycles. The molecule has 1 heterocycles. The molecule has 1 aromatic carbocycles. The summed E-state index contributed by atoms with van der Waals surface area (Å²) < 4.78 is 33.2. The smallest absolute Gasteiger partial charge is 0.387 e. The molecule has 2 rings (SSSR count). The van der Waals surface area contributed by atoms with Crippen LogP contribution in [0.15, 0.2) is 30.3 Å². The first-order valence-electron chi connectivity index (χ1n) is 8.35. The van der Waals surface area contributed by atoms with Crippen LogP contribution in [0.4, 0.5) is 14.5 Å². The highest BCUT2D eigenvalue weighted by Crippen LogP contribution is 2.22. The second-order valence-corrected chi connectivity index (χ2v) is 7.32. The summed E-state index contributed by atoms with van der Waals surface area (Å²) in [6, 6.07) is 7.09. The summed E-state index contributed by atoms with van der Waals surface area (Å²) >= 11 is 1.52. The summed E-state index contributed by atoms with van der Waals surface area (Å²) in [5, 5.41) is 2.45. The van der Waals surface area contributed by atoms with Crippen LogP contribution in [0.2, 0.25) is 0 Å². The molecule has 0 spiro atoms. The fourth-order valence-corrected chi connectivity index (χ4v) is 3.34. The van der Waals surface area contributed by atoms with Gasteiger partial charge in [-0.15, -0.1) is 11.3 Å². The molecule has 150 valence electrons. The second kappa shape index (κ2) is 9.93. The summed E-state index contributed by atoms with van der Waals surface area (Å²) in [5.74, 6) is -1.44. The van der Waals surface area contributed by atoms with Crippen LogP contribution in [0.5, 0.6) is 5.75 Å². The number of amides is 1. The normalized spacial score (nSPS) is 10.6. The quantitative estimate of drug-likeness (QED) is 0.496. The minimum Gasteiger partial charge on any atom is -0.456 e. The SMILES string of the molecule is Cc1cc(C(=O)CCC(=O)OCC(=O)Nc2ccc(OC(F)F)cc2)c(C)s1. The number of ketones is 1. The number of benzene rings is 1. The third-order valence-corrected chi connectivity index (χ3v) is 4.59. The molecule has 0 atom stereocenters. The van der Waals surface area contributed by atoms with Gasteiger partial charge in [-0.3, -0.25) is 14.4 Å². The van der Waals surface area contributed by atoms with Crippen molar-refractivity contribution in [1.82, 2.24) is 0 Å². The van der Waals surface area contributed by atoms with E-state index in [2.05, 4.69) is 10.1 Å². The molecule has 0 aliphatic carbocycles. The number of alkyl halides is 2. The molecule has 0 bridgehead atoms. The van der Waals surface area contributed by atoms with Gasteiger partial charge in [-0.05, 0) is 44.2 Å².